The molecule has 2 rings (SSSR count). The summed E-state index contributed by atoms with van der Waals surface area (Å²) in [5, 5.41) is 11.4. The lowest BCUT2D eigenvalue weighted by atomic mass is 10.1. The second-order valence-corrected chi connectivity index (χ2v) is 5.17. The third-order valence-electron chi connectivity index (χ3n) is 2.67. The van der Waals surface area contributed by atoms with Gasteiger partial charge in [0.1, 0.15) is 0 Å². The number of carbonyl (C=O) groups excluding carboxylic acids is 1. The fourth-order valence-corrected chi connectivity index (χ4v) is 1.96. The van der Waals surface area contributed by atoms with Crippen LogP contribution in [0, 0.1) is 0 Å². The Morgan fingerprint density at radius 2 is 1.81 bits per heavy atom. The van der Waals surface area contributed by atoms with Crippen LogP contribution in [-0.2, 0) is 4.79 Å². The van der Waals surface area contributed by atoms with Gasteiger partial charge in [-0.05, 0) is 48.0 Å². The van der Waals surface area contributed by atoms with Gasteiger partial charge in [0.2, 0.25) is 0 Å². The normalized spacial score (nSPS) is 10.5. The summed E-state index contributed by atoms with van der Waals surface area (Å²) in [4.78, 5) is 22.6. The molecule has 0 aliphatic rings. The smallest absolute Gasteiger partial charge is 0.328 e. The summed E-state index contributed by atoms with van der Waals surface area (Å²) in [5.74, 6) is -1.24. The molecule has 2 N–H and O–H groups in total. The fraction of sp³-hybridized carbons (Fsp3) is 0. The molecular formula is C16H12BrNO3. The van der Waals surface area contributed by atoms with Crippen molar-refractivity contribution in [2.75, 3.05) is 5.32 Å². The number of halogens is 1. The lowest BCUT2D eigenvalue weighted by Crippen LogP contribution is -2.11. The Hall–Kier alpha value is -2.40. The number of aliphatic carboxylic acids is 1. The van der Waals surface area contributed by atoms with Crippen LogP contribution in [0.4, 0.5) is 5.69 Å². The minimum atomic E-state index is -1.01. The first-order valence-corrected chi connectivity index (χ1v) is 6.92. The number of carbonyl (C=O) groups is 2. The van der Waals surface area contributed by atoms with Crippen molar-refractivity contribution in [3.8, 4) is 0 Å². The molecule has 106 valence electrons. The Morgan fingerprint density at radius 1 is 1.10 bits per heavy atom. The molecule has 0 radical (unpaired) electrons. The molecular weight excluding hydrogens is 334 g/mol. The van der Waals surface area contributed by atoms with Gasteiger partial charge in [0, 0.05) is 21.8 Å². The van der Waals surface area contributed by atoms with E-state index in [-0.39, 0.29) is 5.91 Å². The molecule has 0 aromatic heterocycles. The quantitative estimate of drug-likeness (QED) is 0.828. The predicted octanol–water partition coefficient (Wildman–Crippen LogP) is 3.80. The Balaban J connectivity index is 2.12. The maximum atomic E-state index is 12.1. The van der Waals surface area contributed by atoms with E-state index in [1.54, 1.807) is 48.5 Å². The molecule has 0 aliphatic carbocycles. The summed E-state index contributed by atoms with van der Waals surface area (Å²) < 4.78 is 0.903. The summed E-state index contributed by atoms with van der Waals surface area (Å²) >= 11 is 3.31. The van der Waals surface area contributed by atoms with E-state index >= 15 is 0 Å². The molecule has 0 fully saturated rings. The average molecular weight is 346 g/mol. The topological polar surface area (TPSA) is 66.4 Å². The van der Waals surface area contributed by atoms with Gasteiger partial charge in [0.25, 0.3) is 5.91 Å². The molecule has 0 unspecified atom stereocenters. The van der Waals surface area contributed by atoms with Crippen LogP contribution in [0.15, 0.2) is 59.1 Å². The summed E-state index contributed by atoms with van der Waals surface area (Å²) in [6.07, 6.45) is 2.52. The lowest BCUT2D eigenvalue weighted by Gasteiger charge is -2.06. The number of anilines is 1. The molecule has 4 nitrogen and oxygen atoms in total. The molecule has 0 heterocycles. The van der Waals surface area contributed by atoms with Crippen molar-refractivity contribution >= 4 is 39.6 Å². The van der Waals surface area contributed by atoms with E-state index in [0.29, 0.717) is 16.8 Å². The van der Waals surface area contributed by atoms with Crippen molar-refractivity contribution in [2.45, 2.75) is 0 Å². The molecule has 0 spiro atoms. The van der Waals surface area contributed by atoms with E-state index in [4.69, 9.17) is 5.11 Å². The summed E-state index contributed by atoms with van der Waals surface area (Å²) in [7, 11) is 0. The third-order valence-corrected chi connectivity index (χ3v) is 3.20. The molecule has 2 aromatic rings. The molecule has 21 heavy (non-hydrogen) atoms. The van der Waals surface area contributed by atoms with Crippen LogP contribution in [0.25, 0.3) is 6.08 Å². The third kappa shape index (κ3) is 4.57. The van der Waals surface area contributed by atoms with Gasteiger partial charge in [0.05, 0.1) is 0 Å². The number of carboxylic acid groups (broad SMARTS) is 1. The molecule has 2 aromatic carbocycles. The van der Waals surface area contributed by atoms with Crippen molar-refractivity contribution < 1.29 is 14.7 Å². The van der Waals surface area contributed by atoms with Crippen molar-refractivity contribution in [2.24, 2.45) is 0 Å². The predicted molar refractivity (Wildman–Crippen MR) is 85.2 cm³/mol. The number of rotatable bonds is 4. The summed E-state index contributed by atoms with van der Waals surface area (Å²) in [5.41, 5.74) is 1.85. The standard InChI is InChI=1S/C16H12BrNO3/c17-13-7-5-12(6-8-13)16(21)18-14-3-1-2-11(10-14)4-9-15(19)20/h1-10H,(H,18,21)(H,19,20)/b9-4+. The first-order chi connectivity index (χ1) is 10.0. The van der Waals surface area contributed by atoms with Gasteiger partial charge >= 0.3 is 5.97 Å². The van der Waals surface area contributed by atoms with Crippen LogP contribution in [-0.4, -0.2) is 17.0 Å². The number of hydrogen-bond donors (Lipinski definition) is 2. The zero-order chi connectivity index (χ0) is 15.2. The van der Waals surface area contributed by atoms with Gasteiger partial charge in [-0.25, -0.2) is 4.79 Å². The first-order valence-electron chi connectivity index (χ1n) is 6.12. The van der Waals surface area contributed by atoms with E-state index in [1.807, 2.05) is 0 Å². The Kier molecular flexibility index (Phi) is 4.90. The van der Waals surface area contributed by atoms with E-state index in [1.165, 1.54) is 6.08 Å². The minimum absolute atomic E-state index is 0.220. The fourth-order valence-electron chi connectivity index (χ4n) is 1.69. The van der Waals surface area contributed by atoms with Crippen molar-refractivity contribution in [1.29, 1.82) is 0 Å². The van der Waals surface area contributed by atoms with E-state index in [9.17, 15) is 9.59 Å². The number of carboxylic acids is 1. The SMILES string of the molecule is O=C(O)/C=C/c1cccc(NC(=O)c2ccc(Br)cc2)c1. The second-order valence-electron chi connectivity index (χ2n) is 4.26. The summed E-state index contributed by atoms with van der Waals surface area (Å²) in [6, 6.07) is 14.0. The molecule has 0 aliphatic heterocycles. The zero-order valence-corrected chi connectivity index (χ0v) is 12.5. The number of benzene rings is 2. The second kappa shape index (κ2) is 6.85. The Morgan fingerprint density at radius 3 is 2.48 bits per heavy atom. The summed E-state index contributed by atoms with van der Waals surface area (Å²) in [6.45, 7) is 0. The molecule has 0 saturated carbocycles. The van der Waals surface area contributed by atoms with Crippen LogP contribution in [0.3, 0.4) is 0 Å². The van der Waals surface area contributed by atoms with Crippen molar-refractivity contribution in [3.63, 3.8) is 0 Å². The lowest BCUT2D eigenvalue weighted by molar-refractivity contribution is -0.131. The highest BCUT2D eigenvalue weighted by atomic mass is 79.9. The molecule has 0 bridgehead atoms. The highest BCUT2D eigenvalue weighted by molar-refractivity contribution is 9.10. The van der Waals surface area contributed by atoms with Crippen LogP contribution in [0.5, 0.6) is 0 Å². The largest absolute Gasteiger partial charge is 0.478 e. The monoisotopic (exact) mass is 345 g/mol. The van der Waals surface area contributed by atoms with Gasteiger partial charge < -0.3 is 10.4 Å². The van der Waals surface area contributed by atoms with Crippen molar-refractivity contribution in [1.82, 2.24) is 0 Å². The Labute approximate surface area is 130 Å². The Bertz CT molecular complexity index is 693. The maximum absolute atomic E-state index is 12.1. The number of amides is 1. The maximum Gasteiger partial charge on any atom is 0.328 e. The number of nitrogens with one attached hydrogen (secondary N) is 1. The molecule has 5 heteroatoms. The molecule has 0 saturated heterocycles. The molecule has 1 amide bonds. The first kappa shape index (κ1) is 15.0. The van der Waals surface area contributed by atoms with Crippen LogP contribution < -0.4 is 5.32 Å². The van der Waals surface area contributed by atoms with Gasteiger partial charge in [-0.15, -0.1) is 0 Å². The van der Waals surface area contributed by atoms with E-state index < -0.39 is 5.97 Å². The van der Waals surface area contributed by atoms with Crippen LogP contribution in [0.1, 0.15) is 15.9 Å². The van der Waals surface area contributed by atoms with Gasteiger partial charge in [-0.2, -0.15) is 0 Å². The zero-order valence-electron chi connectivity index (χ0n) is 10.9. The highest BCUT2D eigenvalue weighted by Crippen LogP contribution is 2.15. The average Bonchev–Trinajstić information content (AvgIpc) is 2.46. The van der Waals surface area contributed by atoms with Crippen LogP contribution >= 0.6 is 15.9 Å². The van der Waals surface area contributed by atoms with E-state index in [0.717, 1.165) is 10.5 Å². The minimum Gasteiger partial charge on any atom is -0.478 e. The van der Waals surface area contributed by atoms with Gasteiger partial charge in [-0.1, -0.05) is 28.1 Å². The molecule has 0 atom stereocenters. The van der Waals surface area contributed by atoms with E-state index in [2.05, 4.69) is 21.2 Å². The van der Waals surface area contributed by atoms with Gasteiger partial charge in [0.15, 0.2) is 0 Å². The highest BCUT2D eigenvalue weighted by Gasteiger charge is 2.05. The number of hydrogen-bond acceptors (Lipinski definition) is 2. The van der Waals surface area contributed by atoms with Crippen molar-refractivity contribution in [3.05, 3.63) is 70.2 Å². The van der Waals surface area contributed by atoms with Gasteiger partial charge in [-0.3, -0.25) is 4.79 Å². The van der Waals surface area contributed by atoms with Crippen LogP contribution in [0.2, 0.25) is 0 Å².